The summed E-state index contributed by atoms with van der Waals surface area (Å²) in [6, 6.07) is 8.27. The lowest BCUT2D eigenvalue weighted by Crippen LogP contribution is -2.40. The Bertz CT molecular complexity index is 374. The Balaban J connectivity index is 2.48. The molecule has 0 aromatic heterocycles. The average Bonchev–Trinajstić information content (AvgIpc) is 2.33. The van der Waals surface area contributed by atoms with E-state index in [0.29, 0.717) is 6.54 Å². The minimum Gasteiger partial charge on any atom is -0.353 e. The first-order valence-corrected chi connectivity index (χ1v) is 7.11. The second-order valence-electron chi connectivity index (χ2n) is 4.58. The van der Waals surface area contributed by atoms with Crippen LogP contribution >= 0.6 is 15.9 Å². The summed E-state index contributed by atoms with van der Waals surface area (Å²) in [5.74, 6) is -0.0121. The number of halogens is 1. The number of carbonyl (C=O) groups excluding carboxylic acids is 1. The van der Waals surface area contributed by atoms with Gasteiger partial charge in [0.2, 0.25) is 5.91 Å². The fourth-order valence-electron chi connectivity index (χ4n) is 1.84. The number of rotatable bonds is 6. The van der Waals surface area contributed by atoms with Gasteiger partial charge >= 0.3 is 0 Å². The van der Waals surface area contributed by atoms with Crippen molar-refractivity contribution in [2.75, 3.05) is 6.54 Å². The smallest absolute Gasteiger partial charge is 0.224 e. The molecular weight excluding hydrogens is 292 g/mol. The van der Waals surface area contributed by atoms with Crippen molar-refractivity contribution in [3.8, 4) is 0 Å². The van der Waals surface area contributed by atoms with Crippen LogP contribution in [0, 0.1) is 5.92 Å². The van der Waals surface area contributed by atoms with Gasteiger partial charge in [-0.05, 0) is 37.5 Å². The van der Waals surface area contributed by atoms with Crippen LogP contribution in [0.4, 0.5) is 0 Å². The summed E-state index contributed by atoms with van der Waals surface area (Å²) >= 11 is 3.41. The number of nitrogens with one attached hydrogen (secondary N) is 1. The maximum absolute atomic E-state index is 11.9. The van der Waals surface area contributed by atoms with Gasteiger partial charge in [-0.3, -0.25) is 4.79 Å². The van der Waals surface area contributed by atoms with Gasteiger partial charge in [0.1, 0.15) is 0 Å². The number of hydrogen-bond donors (Lipinski definition) is 2. The van der Waals surface area contributed by atoms with E-state index in [-0.39, 0.29) is 17.9 Å². The topological polar surface area (TPSA) is 55.1 Å². The van der Waals surface area contributed by atoms with Gasteiger partial charge in [0, 0.05) is 23.0 Å². The van der Waals surface area contributed by atoms with Crippen molar-refractivity contribution in [3.63, 3.8) is 0 Å². The maximum atomic E-state index is 11.9. The molecule has 1 aromatic rings. The molecule has 2 atom stereocenters. The number of hydrogen-bond acceptors (Lipinski definition) is 2. The van der Waals surface area contributed by atoms with Gasteiger partial charge in [0.05, 0.1) is 0 Å². The van der Waals surface area contributed by atoms with Crippen LogP contribution in [0.3, 0.4) is 0 Å². The van der Waals surface area contributed by atoms with E-state index in [1.54, 1.807) is 0 Å². The lowest BCUT2D eigenvalue weighted by molar-refractivity contribution is -0.125. The highest BCUT2D eigenvalue weighted by Gasteiger charge is 2.16. The highest BCUT2D eigenvalue weighted by atomic mass is 79.9. The summed E-state index contributed by atoms with van der Waals surface area (Å²) in [5, 5.41) is 3.01. The Morgan fingerprint density at radius 3 is 2.50 bits per heavy atom. The van der Waals surface area contributed by atoms with Gasteiger partial charge in [-0.15, -0.1) is 0 Å². The van der Waals surface area contributed by atoms with Gasteiger partial charge in [-0.2, -0.15) is 0 Å². The van der Waals surface area contributed by atoms with Crippen LogP contribution in [0.25, 0.3) is 0 Å². The first-order chi connectivity index (χ1) is 8.56. The zero-order chi connectivity index (χ0) is 13.5. The molecule has 3 nitrogen and oxygen atoms in total. The summed E-state index contributed by atoms with van der Waals surface area (Å²) in [6.07, 6.45) is 1.62. The number of amides is 1. The molecule has 0 heterocycles. The molecule has 1 amide bonds. The fraction of sp³-hybridized carbons (Fsp3) is 0.500. The third-order valence-electron chi connectivity index (χ3n) is 2.99. The van der Waals surface area contributed by atoms with E-state index in [0.717, 1.165) is 17.3 Å². The molecule has 3 N–H and O–H groups in total. The molecule has 1 rings (SSSR count). The third-order valence-corrected chi connectivity index (χ3v) is 3.52. The average molecular weight is 313 g/mol. The van der Waals surface area contributed by atoms with Crippen LogP contribution in [0.15, 0.2) is 28.7 Å². The predicted octanol–water partition coefficient (Wildman–Crippen LogP) is 2.48. The van der Waals surface area contributed by atoms with E-state index >= 15 is 0 Å². The van der Waals surface area contributed by atoms with Crippen LogP contribution in [0.2, 0.25) is 0 Å². The van der Waals surface area contributed by atoms with E-state index in [1.807, 2.05) is 26.0 Å². The first-order valence-electron chi connectivity index (χ1n) is 6.31. The molecule has 1 aromatic carbocycles. The Morgan fingerprint density at radius 1 is 1.39 bits per heavy atom. The molecule has 0 radical (unpaired) electrons. The largest absolute Gasteiger partial charge is 0.353 e. The van der Waals surface area contributed by atoms with Crippen molar-refractivity contribution in [3.05, 3.63) is 34.3 Å². The summed E-state index contributed by atoms with van der Waals surface area (Å²) in [5.41, 5.74) is 6.78. The number of carbonyl (C=O) groups is 1. The molecular formula is C14H21BrN2O. The number of nitrogens with two attached hydrogens (primary N) is 1. The maximum Gasteiger partial charge on any atom is 0.224 e. The minimum absolute atomic E-state index is 0.0598. The van der Waals surface area contributed by atoms with Gasteiger partial charge < -0.3 is 11.1 Å². The lowest BCUT2D eigenvalue weighted by atomic mass is 10.0. The molecule has 0 aliphatic carbocycles. The van der Waals surface area contributed by atoms with E-state index in [2.05, 4.69) is 33.4 Å². The Hall–Kier alpha value is -0.870. The molecule has 0 aliphatic rings. The number of benzene rings is 1. The summed E-state index contributed by atoms with van der Waals surface area (Å²) < 4.78 is 1.07. The van der Waals surface area contributed by atoms with E-state index in [1.165, 1.54) is 5.56 Å². The van der Waals surface area contributed by atoms with Gasteiger partial charge in [-0.1, -0.05) is 35.0 Å². The van der Waals surface area contributed by atoms with Crippen molar-refractivity contribution in [2.45, 2.75) is 32.7 Å². The van der Waals surface area contributed by atoms with Gasteiger partial charge in [0.25, 0.3) is 0 Å². The lowest BCUT2D eigenvalue weighted by Gasteiger charge is -2.18. The summed E-state index contributed by atoms with van der Waals surface area (Å²) in [6.45, 7) is 4.41. The van der Waals surface area contributed by atoms with Crippen molar-refractivity contribution < 1.29 is 4.79 Å². The fourth-order valence-corrected chi connectivity index (χ4v) is 2.11. The Kier molecular flexibility index (Phi) is 6.36. The van der Waals surface area contributed by atoms with Gasteiger partial charge in [0.15, 0.2) is 0 Å². The molecule has 0 saturated carbocycles. The van der Waals surface area contributed by atoms with Crippen molar-refractivity contribution in [1.29, 1.82) is 0 Å². The van der Waals surface area contributed by atoms with Crippen molar-refractivity contribution in [2.24, 2.45) is 11.7 Å². The van der Waals surface area contributed by atoms with Crippen LogP contribution in [0.1, 0.15) is 25.8 Å². The van der Waals surface area contributed by atoms with Crippen LogP contribution in [-0.4, -0.2) is 18.5 Å². The molecule has 0 saturated heterocycles. The summed E-state index contributed by atoms with van der Waals surface area (Å²) in [7, 11) is 0. The second kappa shape index (κ2) is 7.54. The summed E-state index contributed by atoms with van der Waals surface area (Å²) in [4.78, 5) is 11.9. The molecule has 18 heavy (non-hydrogen) atoms. The molecule has 0 bridgehead atoms. The first kappa shape index (κ1) is 15.2. The Morgan fingerprint density at radius 2 is 2.00 bits per heavy atom. The van der Waals surface area contributed by atoms with Crippen LogP contribution in [-0.2, 0) is 11.2 Å². The Labute approximate surface area is 117 Å². The van der Waals surface area contributed by atoms with Crippen LogP contribution in [0.5, 0.6) is 0 Å². The highest BCUT2D eigenvalue weighted by Crippen LogP contribution is 2.12. The molecule has 4 heteroatoms. The SMILES string of the molecule is CCC(CN)C(=O)NC(C)Cc1ccc(Br)cc1. The minimum atomic E-state index is -0.0719. The van der Waals surface area contributed by atoms with Crippen molar-refractivity contribution in [1.82, 2.24) is 5.32 Å². The van der Waals surface area contributed by atoms with Crippen molar-refractivity contribution >= 4 is 21.8 Å². The quantitative estimate of drug-likeness (QED) is 0.848. The molecule has 2 unspecified atom stereocenters. The second-order valence-corrected chi connectivity index (χ2v) is 5.50. The van der Waals surface area contributed by atoms with Crippen LogP contribution < -0.4 is 11.1 Å². The zero-order valence-corrected chi connectivity index (χ0v) is 12.5. The normalized spacial score (nSPS) is 14.0. The molecule has 0 aliphatic heterocycles. The molecule has 100 valence electrons. The van der Waals surface area contributed by atoms with E-state index < -0.39 is 0 Å². The van der Waals surface area contributed by atoms with Gasteiger partial charge in [-0.25, -0.2) is 0 Å². The standard InChI is InChI=1S/C14H21BrN2O/c1-3-12(9-16)14(18)17-10(2)8-11-4-6-13(15)7-5-11/h4-7,10,12H,3,8-9,16H2,1-2H3,(H,17,18). The van der Waals surface area contributed by atoms with E-state index in [4.69, 9.17) is 5.73 Å². The zero-order valence-electron chi connectivity index (χ0n) is 10.9. The van der Waals surface area contributed by atoms with E-state index in [9.17, 15) is 4.79 Å². The highest BCUT2D eigenvalue weighted by molar-refractivity contribution is 9.10. The predicted molar refractivity (Wildman–Crippen MR) is 78.3 cm³/mol. The molecule has 0 spiro atoms. The molecule has 0 fully saturated rings. The third kappa shape index (κ3) is 4.78. The monoisotopic (exact) mass is 312 g/mol.